The number of hydrogen-bond donors (Lipinski definition) is 19. The Bertz CT molecular complexity index is 3330. The molecule has 7 heterocycles. The fourth-order valence-electron chi connectivity index (χ4n) is 21.9. The van der Waals surface area contributed by atoms with E-state index >= 15 is 4.79 Å². The second-order valence-electron chi connectivity index (χ2n) is 37.4. The van der Waals surface area contributed by atoms with Crippen LogP contribution >= 0.6 is 0 Å². The minimum atomic E-state index is -2.10. The summed E-state index contributed by atoms with van der Waals surface area (Å²) in [6.45, 7) is 14.3. The van der Waals surface area contributed by atoms with Gasteiger partial charge in [-0.05, 0) is 117 Å². The van der Waals surface area contributed by atoms with E-state index in [4.69, 9.17) is 66.3 Å². The largest absolute Gasteiger partial charge is 0.432 e. The smallest absolute Gasteiger partial charge is 0.317 e. The first kappa shape index (κ1) is 93.3. The highest BCUT2D eigenvalue weighted by molar-refractivity contribution is 5.82. The first-order valence-electron chi connectivity index (χ1n) is 42.4. The highest BCUT2D eigenvalue weighted by atomic mass is 16.8. The predicted octanol–water partition coefficient (Wildman–Crippen LogP) is -2.39. The van der Waals surface area contributed by atoms with Crippen LogP contribution in [0.4, 0.5) is 0 Å². The number of aliphatic hydroxyl groups excluding tert-OH is 17. The van der Waals surface area contributed by atoms with Crippen molar-refractivity contribution in [2.45, 2.75) is 387 Å². The maximum absolute atomic E-state index is 15.9. The second kappa shape index (κ2) is 37.3. The van der Waals surface area contributed by atoms with Crippen LogP contribution < -0.4 is 5.32 Å². The van der Waals surface area contributed by atoms with Crippen LogP contribution in [0.15, 0.2) is 11.6 Å². The van der Waals surface area contributed by atoms with Gasteiger partial charge in [0.05, 0.1) is 62.9 Å². The summed E-state index contributed by atoms with van der Waals surface area (Å²) in [6, 6.07) is 0. The zero-order valence-electron chi connectivity index (χ0n) is 68.5. The Hall–Kier alpha value is -2.89. The summed E-state index contributed by atoms with van der Waals surface area (Å²) in [7, 11) is 0. The molecule has 12 rings (SSSR count). The molecular formula is C81H133NO35. The van der Waals surface area contributed by atoms with E-state index < -0.39 is 291 Å². The maximum atomic E-state index is 15.9. The number of fused-ring (bicyclic) bond motifs is 7. The number of carbonyl (C=O) groups excluding carboxylic acids is 3. The molecule has 0 unspecified atom stereocenters. The number of amides is 1. The number of aldehydes is 1. The SMILES string of the molecule is CCCCCCCCCCCCNC(=O)[C@H]1O[C@@H](O[C@H]2CC[C@]3(C)[C@H]4CC=C5[C@@H]6CC(C)(C)CC[C@]6(C(=O)O[C@@H]6O[C@H](C)[C@H](O)[C@H](O)[C@H]6O[C@@H]6O[C@H](C)[C@H](O[C@@H]7OC[C@@H](O)[C@H](O[C@@H]8OC[C@](O)(CO)[C@H]8O)[C@H]7O)[C@@H](O)[C@H]6O)[C@H](O)C[C@@]5(C)[C@]4(C)CC[C@H]3[C@]2(C)C=O)[C@H](O[C@@H]2O[C@H](CO)[C@H](O)[C@H](O)[C@H]2O)[C@@H](O[C@@H]2OC[C@@H](O)[C@H](O)[C@H]2O)[C@@H]1O. The van der Waals surface area contributed by atoms with Gasteiger partial charge in [0.1, 0.15) is 133 Å². The van der Waals surface area contributed by atoms with Gasteiger partial charge in [-0.25, -0.2) is 0 Å². The zero-order valence-corrected chi connectivity index (χ0v) is 68.5. The average Bonchev–Trinajstić information content (AvgIpc) is 1.48. The number of ether oxygens (including phenoxy) is 14. The lowest BCUT2D eigenvalue weighted by molar-refractivity contribution is -0.391. The molecule has 12 aliphatic rings. The van der Waals surface area contributed by atoms with E-state index in [1.165, 1.54) is 33.1 Å². The van der Waals surface area contributed by atoms with Gasteiger partial charge in [-0.1, -0.05) is 118 Å². The van der Waals surface area contributed by atoms with Crippen LogP contribution in [0.1, 0.15) is 184 Å². The number of allylic oxidation sites excluding steroid dienone is 2. The molecule has 117 heavy (non-hydrogen) atoms. The predicted molar refractivity (Wildman–Crippen MR) is 399 cm³/mol. The first-order chi connectivity index (χ1) is 55.2. The van der Waals surface area contributed by atoms with Crippen LogP contribution in [0.2, 0.25) is 0 Å². The quantitative estimate of drug-likeness (QED) is 0.0122. The van der Waals surface area contributed by atoms with Gasteiger partial charge in [-0.2, -0.15) is 0 Å². The molecule has 1 amide bonds. The van der Waals surface area contributed by atoms with Gasteiger partial charge < -0.3 is 168 Å². The van der Waals surface area contributed by atoms with E-state index in [0.717, 1.165) is 50.4 Å². The Morgan fingerprint density at radius 1 is 0.530 bits per heavy atom. The molecule has 36 heteroatoms. The van der Waals surface area contributed by atoms with Crippen molar-refractivity contribution in [3.8, 4) is 0 Å². The van der Waals surface area contributed by atoms with Crippen molar-refractivity contribution in [1.29, 1.82) is 0 Å². The number of unbranched alkanes of at least 4 members (excludes halogenated alkanes) is 9. The lowest BCUT2D eigenvalue weighted by atomic mass is 9.33. The molecule has 7 saturated heterocycles. The lowest BCUT2D eigenvalue weighted by Crippen LogP contribution is -2.70. The molecule has 4 saturated carbocycles. The highest BCUT2D eigenvalue weighted by Gasteiger charge is 2.73. The molecule has 0 aromatic carbocycles. The molecule has 7 aliphatic heterocycles. The first-order valence-corrected chi connectivity index (χ1v) is 42.4. The Labute approximate surface area is 681 Å². The molecule has 5 aliphatic carbocycles. The number of hydrogen-bond acceptors (Lipinski definition) is 35. The Balaban J connectivity index is 0.778. The van der Waals surface area contributed by atoms with Crippen molar-refractivity contribution in [3.63, 3.8) is 0 Å². The molecule has 36 nitrogen and oxygen atoms in total. The standard InChI is InChI=1S/C81H133NO35/c1-10-11-12-13-14-15-16-17-18-19-28-82-66(101)62-57(98)61(113-67-54(95)49(90)41(86)32-104-67)64(116-70-55(96)51(92)50(91)43(31-83)109-70)72(114-62)110-47-23-24-76(6)44(77(47,7)34-84)22-25-78(8)45(76)21-20-39-40-29-75(4,5)26-27-81(40,46(88)30-79(39,78)9)74(102)117-71-63(52(93)48(89)37(2)107-71)115-69-56(97)53(94)59(38(3)108-69)111-68-58(99)60(42(87)33-105-68)112-73-65(100)80(103,35-85)36-106-73/h20,34,37-38,40-65,67-73,83,85-100,103H,10-19,21-33,35-36H2,1-9H3,(H,82,101)/t37-,38-,40+,41-,42-,43-,44-,45-,46-,47+,48+,49+,50+,51+,52+,53+,54-,55-,56-,57+,58-,59+,60+,61+,62+,63-,64-,65+,67+,68+,69+,70+,71+,72-,73+,76+,77+,78-,79-,80-,81-/m1/s1. The van der Waals surface area contributed by atoms with E-state index in [-0.39, 0.29) is 31.7 Å². The minimum absolute atomic E-state index is 0.0598. The highest BCUT2D eigenvalue weighted by Crippen LogP contribution is 2.76. The van der Waals surface area contributed by atoms with Crippen LogP contribution in [0, 0.1) is 50.2 Å². The summed E-state index contributed by atoms with van der Waals surface area (Å²) < 4.78 is 85.4. The van der Waals surface area contributed by atoms with Crippen LogP contribution in [0.5, 0.6) is 0 Å². The fourth-order valence-corrected chi connectivity index (χ4v) is 21.9. The number of rotatable bonds is 29. The third kappa shape index (κ3) is 17.7. The number of esters is 1. The van der Waals surface area contributed by atoms with Gasteiger partial charge in [0.2, 0.25) is 6.29 Å². The minimum Gasteiger partial charge on any atom is -0.432 e. The lowest BCUT2D eigenvalue weighted by Gasteiger charge is -2.71. The van der Waals surface area contributed by atoms with Crippen molar-refractivity contribution in [1.82, 2.24) is 5.32 Å². The molecular weight excluding hydrogens is 1550 g/mol. The van der Waals surface area contributed by atoms with E-state index in [1.807, 2.05) is 0 Å². The molecule has 672 valence electrons. The molecule has 11 fully saturated rings. The van der Waals surface area contributed by atoms with Crippen molar-refractivity contribution >= 4 is 18.2 Å². The monoisotopic (exact) mass is 1680 g/mol. The van der Waals surface area contributed by atoms with Gasteiger partial charge in [0.25, 0.3) is 5.91 Å². The number of carbonyl (C=O) groups is 3. The van der Waals surface area contributed by atoms with Crippen LogP contribution in [0.25, 0.3) is 0 Å². The summed E-state index contributed by atoms with van der Waals surface area (Å²) in [5, 5.41) is 205. The van der Waals surface area contributed by atoms with Gasteiger partial charge in [0, 0.05) is 6.54 Å². The summed E-state index contributed by atoms with van der Waals surface area (Å²) in [4.78, 5) is 45.0. The van der Waals surface area contributed by atoms with Crippen LogP contribution in [-0.4, -0.2) is 352 Å². The van der Waals surface area contributed by atoms with E-state index in [9.17, 15) is 102 Å². The number of nitrogens with one attached hydrogen (secondary N) is 1. The maximum Gasteiger partial charge on any atom is 0.317 e. The van der Waals surface area contributed by atoms with Crippen molar-refractivity contribution in [3.05, 3.63) is 11.6 Å². The van der Waals surface area contributed by atoms with E-state index in [0.29, 0.717) is 44.9 Å². The van der Waals surface area contributed by atoms with Crippen LogP contribution in [-0.2, 0) is 80.7 Å². The number of aliphatic hydroxyl groups is 18. The summed E-state index contributed by atoms with van der Waals surface area (Å²) in [5.41, 5.74) is -6.78. The normalized spacial score (nSPS) is 50.5. The Kier molecular flexibility index (Phi) is 29.8. The van der Waals surface area contributed by atoms with E-state index in [1.54, 1.807) is 6.92 Å². The molecule has 19 N–H and O–H groups in total. The summed E-state index contributed by atoms with van der Waals surface area (Å²) in [5.74, 6) is -3.03. The van der Waals surface area contributed by atoms with Gasteiger partial charge in [-0.15, -0.1) is 0 Å². The zero-order chi connectivity index (χ0) is 85.1. The third-order valence-electron chi connectivity index (χ3n) is 29.4. The Morgan fingerprint density at radius 3 is 1.78 bits per heavy atom. The van der Waals surface area contributed by atoms with Crippen LogP contribution in [0.3, 0.4) is 0 Å². The van der Waals surface area contributed by atoms with Crippen molar-refractivity contribution in [2.24, 2.45) is 50.2 Å². The van der Waals surface area contributed by atoms with E-state index in [2.05, 4.69) is 52.9 Å². The molecule has 0 spiro atoms. The van der Waals surface area contributed by atoms with Gasteiger partial charge >= 0.3 is 5.97 Å². The van der Waals surface area contributed by atoms with Gasteiger partial charge in [0.15, 0.2) is 49.9 Å². The topological polar surface area (TPSA) is 557 Å². The molecule has 41 atom stereocenters. The third-order valence-corrected chi connectivity index (χ3v) is 29.4. The molecule has 0 aromatic heterocycles. The summed E-state index contributed by atoms with van der Waals surface area (Å²) in [6.07, 6.45) is -39.2. The van der Waals surface area contributed by atoms with Gasteiger partial charge in [-0.3, -0.25) is 9.59 Å². The Morgan fingerprint density at radius 2 is 1.12 bits per heavy atom. The molecule has 0 aromatic rings. The summed E-state index contributed by atoms with van der Waals surface area (Å²) >= 11 is 0. The second-order valence-corrected chi connectivity index (χ2v) is 37.4. The van der Waals surface area contributed by atoms with Crippen molar-refractivity contribution < 1.29 is 173 Å². The molecule has 0 radical (unpaired) electrons. The molecule has 0 bridgehead atoms. The average molecular weight is 1680 g/mol. The fraction of sp³-hybridized carbons (Fsp3) is 0.938. The van der Waals surface area contributed by atoms with Crippen molar-refractivity contribution in [2.75, 3.05) is 39.6 Å².